The standard InChI is InChI=1S/C16H25N5O2/c1-16(2,3)23-15(22)20-12-8-21(9-12)14-6-13(18-10-19-14)17-7-11-4-5-11/h6,10-12H,4-5,7-9H2,1-3H3,(H,20,22)(H,17,18,19). The van der Waals surface area contributed by atoms with Crippen molar-refractivity contribution in [3.05, 3.63) is 12.4 Å². The molecule has 2 heterocycles. The predicted molar refractivity (Wildman–Crippen MR) is 88.6 cm³/mol. The number of nitrogens with zero attached hydrogens (tertiary/aromatic N) is 3. The molecule has 0 aromatic carbocycles. The Morgan fingerprint density at radius 3 is 2.74 bits per heavy atom. The van der Waals surface area contributed by atoms with Crippen molar-refractivity contribution in [1.29, 1.82) is 0 Å². The van der Waals surface area contributed by atoms with Crippen LogP contribution < -0.4 is 15.5 Å². The first-order valence-electron chi connectivity index (χ1n) is 8.19. The van der Waals surface area contributed by atoms with Crippen molar-refractivity contribution in [3.63, 3.8) is 0 Å². The Kier molecular flexibility index (Phi) is 4.28. The highest BCUT2D eigenvalue weighted by molar-refractivity contribution is 5.69. The maximum Gasteiger partial charge on any atom is 0.407 e. The van der Waals surface area contributed by atoms with E-state index in [0.29, 0.717) is 0 Å². The summed E-state index contributed by atoms with van der Waals surface area (Å²) in [6.45, 7) is 8.03. The van der Waals surface area contributed by atoms with Crippen molar-refractivity contribution in [3.8, 4) is 0 Å². The predicted octanol–water partition coefficient (Wildman–Crippen LogP) is 2.01. The molecule has 3 rings (SSSR count). The number of hydrogen-bond acceptors (Lipinski definition) is 6. The molecule has 1 amide bonds. The molecule has 126 valence electrons. The molecule has 1 aromatic rings. The summed E-state index contributed by atoms with van der Waals surface area (Å²) in [6.07, 6.45) is 3.85. The molecule has 0 atom stereocenters. The van der Waals surface area contributed by atoms with Gasteiger partial charge in [0, 0.05) is 25.7 Å². The van der Waals surface area contributed by atoms with Crippen LogP contribution >= 0.6 is 0 Å². The van der Waals surface area contributed by atoms with E-state index in [2.05, 4.69) is 25.5 Å². The average Bonchev–Trinajstić information content (AvgIpc) is 3.22. The number of ether oxygens (including phenoxy) is 1. The smallest absolute Gasteiger partial charge is 0.407 e. The molecule has 0 spiro atoms. The Bertz CT molecular complexity index is 562. The third-order valence-electron chi connectivity index (χ3n) is 3.85. The van der Waals surface area contributed by atoms with Crippen molar-refractivity contribution < 1.29 is 9.53 Å². The second-order valence-electron chi connectivity index (χ2n) is 7.33. The summed E-state index contributed by atoms with van der Waals surface area (Å²) in [5.74, 6) is 2.56. The topological polar surface area (TPSA) is 79.4 Å². The van der Waals surface area contributed by atoms with Crippen molar-refractivity contribution in [2.24, 2.45) is 5.92 Å². The molecule has 2 aliphatic rings. The number of carbonyl (C=O) groups excluding carboxylic acids is 1. The third-order valence-corrected chi connectivity index (χ3v) is 3.85. The van der Waals surface area contributed by atoms with Gasteiger partial charge in [-0.1, -0.05) is 0 Å². The highest BCUT2D eigenvalue weighted by atomic mass is 16.6. The summed E-state index contributed by atoms with van der Waals surface area (Å²) < 4.78 is 5.26. The second-order valence-corrected chi connectivity index (χ2v) is 7.33. The first-order chi connectivity index (χ1) is 10.9. The lowest BCUT2D eigenvalue weighted by Crippen LogP contribution is -2.60. The molecule has 1 aliphatic carbocycles. The van der Waals surface area contributed by atoms with Crippen molar-refractivity contribution in [2.45, 2.75) is 45.3 Å². The van der Waals surface area contributed by atoms with E-state index in [-0.39, 0.29) is 12.1 Å². The van der Waals surface area contributed by atoms with E-state index in [9.17, 15) is 4.79 Å². The lowest BCUT2D eigenvalue weighted by Gasteiger charge is -2.40. The molecular weight excluding hydrogens is 294 g/mol. The zero-order chi connectivity index (χ0) is 16.4. The summed E-state index contributed by atoms with van der Waals surface area (Å²) >= 11 is 0. The van der Waals surface area contributed by atoms with Crippen LogP contribution in [0.2, 0.25) is 0 Å². The van der Waals surface area contributed by atoms with Crippen LogP contribution in [0, 0.1) is 5.92 Å². The second kappa shape index (κ2) is 6.22. The molecule has 0 unspecified atom stereocenters. The van der Waals surface area contributed by atoms with Gasteiger partial charge in [0.15, 0.2) is 0 Å². The normalized spacial score (nSPS) is 18.3. The molecule has 0 radical (unpaired) electrons. The zero-order valence-corrected chi connectivity index (χ0v) is 14.0. The quantitative estimate of drug-likeness (QED) is 0.864. The highest BCUT2D eigenvalue weighted by Gasteiger charge is 2.30. The van der Waals surface area contributed by atoms with Crippen LogP contribution in [0.15, 0.2) is 12.4 Å². The van der Waals surface area contributed by atoms with E-state index in [1.165, 1.54) is 12.8 Å². The van der Waals surface area contributed by atoms with Gasteiger partial charge in [0.1, 0.15) is 23.6 Å². The first-order valence-corrected chi connectivity index (χ1v) is 8.19. The molecule has 7 nitrogen and oxygen atoms in total. The van der Waals surface area contributed by atoms with Crippen LogP contribution in [0.4, 0.5) is 16.4 Å². The lowest BCUT2D eigenvalue weighted by molar-refractivity contribution is 0.0496. The Morgan fingerprint density at radius 2 is 2.09 bits per heavy atom. The van der Waals surface area contributed by atoms with Gasteiger partial charge >= 0.3 is 6.09 Å². The Morgan fingerprint density at radius 1 is 1.35 bits per heavy atom. The fourth-order valence-corrected chi connectivity index (χ4v) is 2.42. The van der Waals surface area contributed by atoms with Gasteiger partial charge in [0.25, 0.3) is 0 Å². The van der Waals surface area contributed by atoms with Gasteiger partial charge in [-0.3, -0.25) is 0 Å². The molecule has 23 heavy (non-hydrogen) atoms. The van der Waals surface area contributed by atoms with Gasteiger partial charge in [-0.2, -0.15) is 0 Å². The molecule has 1 saturated carbocycles. The average molecular weight is 319 g/mol. The Balaban J connectivity index is 1.45. The van der Waals surface area contributed by atoms with E-state index in [4.69, 9.17) is 4.74 Å². The Labute approximate surface area is 136 Å². The maximum atomic E-state index is 11.7. The van der Waals surface area contributed by atoms with Crippen LogP contribution in [0.5, 0.6) is 0 Å². The summed E-state index contributed by atoms with van der Waals surface area (Å²) in [6, 6.07) is 2.06. The Hall–Kier alpha value is -2.05. The number of aromatic nitrogens is 2. The minimum absolute atomic E-state index is 0.0997. The molecular formula is C16H25N5O2. The lowest BCUT2D eigenvalue weighted by atomic mass is 10.1. The van der Waals surface area contributed by atoms with E-state index in [1.54, 1.807) is 6.33 Å². The van der Waals surface area contributed by atoms with Gasteiger partial charge in [-0.05, 0) is 39.5 Å². The van der Waals surface area contributed by atoms with Crippen LogP contribution in [0.25, 0.3) is 0 Å². The van der Waals surface area contributed by atoms with Crippen molar-refractivity contribution >= 4 is 17.7 Å². The summed E-state index contributed by atoms with van der Waals surface area (Å²) in [5.41, 5.74) is -0.470. The van der Waals surface area contributed by atoms with Crippen LogP contribution in [-0.4, -0.2) is 47.3 Å². The van der Waals surface area contributed by atoms with Crippen LogP contribution in [0.3, 0.4) is 0 Å². The number of nitrogens with one attached hydrogen (secondary N) is 2. The van der Waals surface area contributed by atoms with Crippen molar-refractivity contribution in [1.82, 2.24) is 15.3 Å². The highest BCUT2D eigenvalue weighted by Crippen LogP contribution is 2.29. The fourth-order valence-electron chi connectivity index (χ4n) is 2.42. The summed E-state index contributed by atoms with van der Waals surface area (Å²) in [4.78, 5) is 22.4. The van der Waals surface area contributed by atoms with Gasteiger partial charge in [0.05, 0.1) is 6.04 Å². The van der Waals surface area contributed by atoms with Gasteiger partial charge in [0.2, 0.25) is 0 Å². The third kappa shape index (κ3) is 4.71. The molecule has 2 N–H and O–H groups in total. The number of amides is 1. The zero-order valence-electron chi connectivity index (χ0n) is 14.0. The molecule has 1 saturated heterocycles. The molecule has 1 aromatic heterocycles. The molecule has 2 fully saturated rings. The van der Waals surface area contributed by atoms with E-state index >= 15 is 0 Å². The summed E-state index contributed by atoms with van der Waals surface area (Å²) in [5, 5.41) is 6.23. The first kappa shape index (κ1) is 15.8. The van der Waals surface area contributed by atoms with Gasteiger partial charge in [-0.25, -0.2) is 14.8 Å². The van der Waals surface area contributed by atoms with Crippen LogP contribution in [-0.2, 0) is 4.74 Å². The number of hydrogen-bond donors (Lipinski definition) is 2. The van der Waals surface area contributed by atoms with E-state index in [1.807, 2.05) is 26.8 Å². The van der Waals surface area contributed by atoms with Gasteiger partial charge in [-0.15, -0.1) is 0 Å². The largest absolute Gasteiger partial charge is 0.444 e. The van der Waals surface area contributed by atoms with Crippen molar-refractivity contribution in [2.75, 3.05) is 29.9 Å². The minimum atomic E-state index is -0.470. The number of carbonyl (C=O) groups is 1. The molecule has 1 aliphatic heterocycles. The maximum absolute atomic E-state index is 11.7. The fraction of sp³-hybridized carbons (Fsp3) is 0.688. The molecule has 0 bridgehead atoms. The SMILES string of the molecule is CC(C)(C)OC(=O)NC1CN(c2cc(NCC3CC3)ncn2)C1. The van der Waals surface area contributed by atoms with Gasteiger partial charge < -0.3 is 20.3 Å². The number of anilines is 2. The number of rotatable bonds is 5. The minimum Gasteiger partial charge on any atom is -0.444 e. The monoisotopic (exact) mass is 319 g/mol. The summed E-state index contributed by atoms with van der Waals surface area (Å²) in [7, 11) is 0. The molecule has 7 heteroatoms. The number of alkyl carbamates (subject to hydrolysis) is 1. The van der Waals surface area contributed by atoms with E-state index in [0.717, 1.165) is 37.2 Å². The van der Waals surface area contributed by atoms with E-state index < -0.39 is 5.60 Å². The van der Waals surface area contributed by atoms with Crippen LogP contribution in [0.1, 0.15) is 33.6 Å².